The molecule has 10 heteroatoms. The molecule has 0 N–H and O–H groups in total. The lowest BCUT2D eigenvalue weighted by Gasteiger charge is -2.36. The average molecular weight is 492 g/mol. The van der Waals surface area contributed by atoms with Crippen molar-refractivity contribution in [2.75, 3.05) is 39.6 Å². The molecule has 2 heterocycles. The van der Waals surface area contributed by atoms with Gasteiger partial charge in [-0.25, -0.2) is 0 Å². The van der Waals surface area contributed by atoms with Crippen LogP contribution in [0, 0.1) is 5.92 Å². The summed E-state index contributed by atoms with van der Waals surface area (Å²) in [6.07, 6.45) is -4.90. The van der Waals surface area contributed by atoms with Gasteiger partial charge in [-0.05, 0) is 48.4 Å². The average Bonchev–Trinajstić information content (AvgIpc) is 3.30. The van der Waals surface area contributed by atoms with E-state index in [1.165, 1.54) is 12.1 Å². The third kappa shape index (κ3) is 5.87. The van der Waals surface area contributed by atoms with E-state index >= 15 is 0 Å². The highest BCUT2D eigenvalue weighted by atomic mass is 19.4. The van der Waals surface area contributed by atoms with Crippen LogP contribution in [0.1, 0.15) is 40.1 Å². The molecule has 35 heavy (non-hydrogen) atoms. The Balaban J connectivity index is 1.44. The predicted molar refractivity (Wildman–Crippen MR) is 120 cm³/mol. The fourth-order valence-electron chi connectivity index (χ4n) is 4.14. The summed E-state index contributed by atoms with van der Waals surface area (Å²) >= 11 is 0. The largest absolute Gasteiger partial charge is 0.454 e. The van der Waals surface area contributed by atoms with Gasteiger partial charge in [0.15, 0.2) is 11.5 Å². The van der Waals surface area contributed by atoms with Crippen molar-refractivity contribution in [1.82, 2.24) is 9.80 Å². The monoisotopic (exact) mass is 492 g/mol. The van der Waals surface area contributed by atoms with Crippen molar-refractivity contribution in [1.29, 1.82) is 0 Å². The Morgan fingerprint density at radius 1 is 1.06 bits per heavy atom. The van der Waals surface area contributed by atoms with Crippen molar-refractivity contribution in [3.8, 4) is 11.5 Å². The summed E-state index contributed by atoms with van der Waals surface area (Å²) in [6, 6.07) is 9.22. The van der Waals surface area contributed by atoms with Crippen LogP contribution in [0.5, 0.6) is 11.5 Å². The molecule has 1 atom stereocenters. The van der Waals surface area contributed by atoms with E-state index in [-0.39, 0.29) is 43.2 Å². The molecule has 2 aromatic carbocycles. The molecule has 0 saturated carbocycles. The highest BCUT2D eigenvalue weighted by Crippen LogP contribution is 2.33. The van der Waals surface area contributed by atoms with Gasteiger partial charge in [-0.2, -0.15) is 13.2 Å². The van der Waals surface area contributed by atoms with Crippen LogP contribution in [-0.2, 0) is 10.9 Å². The summed E-state index contributed by atoms with van der Waals surface area (Å²) in [7, 11) is 0. The first kappa shape index (κ1) is 24.8. The summed E-state index contributed by atoms with van der Waals surface area (Å²) in [5.41, 5.74) is -0.171. The quantitative estimate of drug-likeness (QED) is 0.608. The zero-order valence-electron chi connectivity index (χ0n) is 19.5. The number of benzene rings is 2. The van der Waals surface area contributed by atoms with Gasteiger partial charge in [0.25, 0.3) is 11.8 Å². The number of halogens is 3. The molecule has 1 unspecified atom stereocenters. The lowest BCUT2D eigenvalue weighted by Crippen LogP contribution is -2.51. The lowest BCUT2D eigenvalue weighted by atomic mass is 10.1. The van der Waals surface area contributed by atoms with Crippen molar-refractivity contribution in [3.63, 3.8) is 0 Å². The van der Waals surface area contributed by atoms with Crippen LogP contribution in [0.2, 0.25) is 0 Å². The summed E-state index contributed by atoms with van der Waals surface area (Å²) < 4.78 is 55.2. The van der Waals surface area contributed by atoms with Gasteiger partial charge in [0.2, 0.25) is 6.79 Å². The number of morpholine rings is 1. The van der Waals surface area contributed by atoms with Crippen LogP contribution >= 0.6 is 0 Å². The molecule has 0 radical (unpaired) electrons. The Morgan fingerprint density at radius 2 is 1.74 bits per heavy atom. The minimum Gasteiger partial charge on any atom is -0.454 e. The molecular formula is C25H27F3N2O5. The topological polar surface area (TPSA) is 68.3 Å². The van der Waals surface area contributed by atoms with Gasteiger partial charge < -0.3 is 24.0 Å². The first-order chi connectivity index (χ1) is 16.6. The molecule has 0 aliphatic carbocycles. The van der Waals surface area contributed by atoms with Crippen molar-refractivity contribution in [2.45, 2.75) is 26.1 Å². The van der Waals surface area contributed by atoms with Gasteiger partial charge >= 0.3 is 6.18 Å². The molecule has 1 saturated heterocycles. The van der Waals surface area contributed by atoms with Crippen LogP contribution < -0.4 is 9.47 Å². The first-order valence-electron chi connectivity index (χ1n) is 11.4. The Morgan fingerprint density at radius 3 is 2.43 bits per heavy atom. The number of carbonyl (C=O) groups is 2. The Kier molecular flexibility index (Phi) is 7.20. The van der Waals surface area contributed by atoms with Crippen molar-refractivity contribution in [3.05, 3.63) is 59.2 Å². The van der Waals surface area contributed by atoms with Crippen LogP contribution in [0.4, 0.5) is 13.2 Å². The molecular weight excluding hydrogens is 465 g/mol. The Bertz CT molecular complexity index is 1070. The third-order valence-electron chi connectivity index (χ3n) is 5.80. The highest BCUT2D eigenvalue weighted by molar-refractivity contribution is 5.95. The molecule has 1 fully saturated rings. The number of fused-ring (bicyclic) bond motifs is 1. The maximum Gasteiger partial charge on any atom is 0.416 e. The van der Waals surface area contributed by atoms with Crippen LogP contribution in [0.25, 0.3) is 0 Å². The number of hydrogen-bond acceptors (Lipinski definition) is 5. The highest BCUT2D eigenvalue weighted by Gasteiger charge is 2.32. The van der Waals surface area contributed by atoms with Gasteiger partial charge in [0.1, 0.15) is 0 Å². The number of hydrogen-bond donors (Lipinski definition) is 0. The van der Waals surface area contributed by atoms with E-state index in [9.17, 15) is 22.8 Å². The normalized spacial score (nSPS) is 17.5. The van der Waals surface area contributed by atoms with Crippen LogP contribution in [0.15, 0.2) is 42.5 Å². The van der Waals surface area contributed by atoms with Crippen molar-refractivity contribution in [2.24, 2.45) is 5.92 Å². The van der Waals surface area contributed by atoms with Gasteiger partial charge in [-0.1, -0.05) is 13.8 Å². The standard InChI is InChI=1S/C25H27F3N2O5/c1-16(2)12-30(23(31)17-3-6-19(7-4-17)25(26,27)28)14-20-13-29(9-10-33-20)24(32)18-5-8-21-22(11-18)35-15-34-21/h3-8,11,16,20H,9-10,12-15H2,1-2H3. The second-order valence-corrected chi connectivity index (χ2v) is 8.99. The SMILES string of the molecule is CC(C)CN(CC1CN(C(=O)c2ccc3c(c2)OCO3)CCO1)C(=O)c1ccc(C(F)(F)F)cc1. The van der Waals surface area contributed by atoms with E-state index in [0.717, 1.165) is 12.1 Å². The molecule has 7 nitrogen and oxygen atoms in total. The number of ether oxygens (including phenoxy) is 3. The second-order valence-electron chi connectivity index (χ2n) is 8.99. The van der Waals surface area contributed by atoms with Crippen LogP contribution in [0.3, 0.4) is 0 Å². The third-order valence-corrected chi connectivity index (χ3v) is 5.80. The molecule has 2 aromatic rings. The zero-order chi connectivity index (χ0) is 25.2. The summed E-state index contributed by atoms with van der Waals surface area (Å²) in [4.78, 5) is 29.5. The number of rotatable bonds is 6. The van der Waals surface area contributed by atoms with E-state index in [2.05, 4.69) is 0 Å². The lowest BCUT2D eigenvalue weighted by molar-refractivity contribution is -0.137. The number of carbonyl (C=O) groups excluding carboxylic acids is 2. The number of alkyl halides is 3. The Hall–Kier alpha value is -3.27. The summed E-state index contributed by atoms with van der Waals surface area (Å²) in [6.45, 7) is 5.62. The number of amides is 2. The summed E-state index contributed by atoms with van der Waals surface area (Å²) in [5.74, 6) is 0.679. The predicted octanol–water partition coefficient (Wildman–Crippen LogP) is 4.07. The van der Waals surface area contributed by atoms with E-state index in [4.69, 9.17) is 14.2 Å². The summed E-state index contributed by atoms with van der Waals surface area (Å²) in [5, 5.41) is 0. The molecule has 2 aliphatic heterocycles. The second kappa shape index (κ2) is 10.2. The minimum absolute atomic E-state index is 0.116. The van der Waals surface area contributed by atoms with Gasteiger partial charge in [0.05, 0.1) is 18.3 Å². The van der Waals surface area contributed by atoms with Gasteiger partial charge in [-0.15, -0.1) is 0 Å². The van der Waals surface area contributed by atoms with Gasteiger partial charge in [-0.3, -0.25) is 9.59 Å². The van der Waals surface area contributed by atoms with E-state index in [0.29, 0.717) is 36.8 Å². The first-order valence-corrected chi connectivity index (χ1v) is 11.4. The molecule has 2 aliphatic rings. The number of nitrogens with zero attached hydrogens (tertiary/aromatic N) is 2. The van der Waals surface area contributed by atoms with E-state index < -0.39 is 17.8 Å². The minimum atomic E-state index is -4.47. The zero-order valence-corrected chi connectivity index (χ0v) is 19.5. The van der Waals surface area contributed by atoms with E-state index in [1.54, 1.807) is 28.0 Å². The maximum atomic E-state index is 13.1. The van der Waals surface area contributed by atoms with Gasteiger partial charge in [0, 0.05) is 37.3 Å². The molecule has 188 valence electrons. The van der Waals surface area contributed by atoms with Crippen LogP contribution in [-0.4, -0.2) is 67.3 Å². The molecule has 2 amide bonds. The fraction of sp³-hybridized carbons (Fsp3) is 0.440. The smallest absolute Gasteiger partial charge is 0.416 e. The fourth-order valence-corrected chi connectivity index (χ4v) is 4.14. The van der Waals surface area contributed by atoms with Crippen molar-refractivity contribution < 1.29 is 37.0 Å². The Labute approximate surface area is 201 Å². The molecule has 0 bridgehead atoms. The molecule has 0 spiro atoms. The molecule has 0 aromatic heterocycles. The van der Waals surface area contributed by atoms with Crippen molar-refractivity contribution >= 4 is 11.8 Å². The van der Waals surface area contributed by atoms with E-state index in [1.807, 2.05) is 13.8 Å². The molecule has 4 rings (SSSR count). The maximum absolute atomic E-state index is 13.1.